The van der Waals surface area contributed by atoms with Gasteiger partial charge in [-0.15, -0.1) is 5.73 Å². The van der Waals surface area contributed by atoms with Crippen molar-refractivity contribution >= 4 is 11.0 Å². The molecule has 0 bridgehead atoms. The second-order valence-corrected chi connectivity index (χ2v) is 5.94. The van der Waals surface area contributed by atoms with Crippen molar-refractivity contribution in [3.05, 3.63) is 58.6 Å². The van der Waals surface area contributed by atoms with Gasteiger partial charge in [-0.1, -0.05) is 32.9 Å². The Morgan fingerprint density at radius 2 is 2.05 bits per heavy atom. The van der Waals surface area contributed by atoms with E-state index < -0.39 is 5.63 Å². The molecule has 0 spiro atoms. The molecular formula is C18H20O3. The van der Waals surface area contributed by atoms with E-state index in [0.717, 1.165) is 11.8 Å². The molecule has 1 heterocycles. The highest BCUT2D eigenvalue weighted by molar-refractivity contribution is 5.82. The molecule has 0 radical (unpaired) electrons. The molecule has 0 saturated carbocycles. The van der Waals surface area contributed by atoms with E-state index in [4.69, 9.17) is 9.15 Å². The molecule has 2 rings (SSSR count). The van der Waals surface area contributed by atoms with Gasteiger partial charge in [0.2, 0.25) is 0 Å². The zero-order chi connectivity index (χ0) is 15.3. The van der Waals surface area contributed by atoms with Crippen molar-refractivity contribution < 1.29 is 9.15 Å². The zero-order valence-electron chi connectivity index (χ0n) is 12.7. The minimum atomic E-state index is -0.396. The van der Waals surface area contributed by atoms with E-state index in [1.807, 2.05) is 30.4 Å². The Morgan fingerprint density at radius 3 is 2.81 bits per heavy atom. The predicted octanol–water partition coefficient (Wildman–Crippen LogP) is 4.32. The molecule has 1 aromatic heterocycles. The number of fused-ring (bicyclic) bond motifs is 1. The molecule has 0 unspecified atom stereocenters. The minimum absolute atomic E-state index is 0.131. The molecule has 2 aromatic rings. The van der Waals surface area contributed by atoms with Crippen LogP contribution in [0.15, 0.2) is 57.4 Å². The van der Waals surface area contributed by atoms with Gasteiger partial charge in [0.1, 0.15) is 11.3 Å². The topological polar surface area (TPSA) is 39.4 Å². The van der Waals surface area contributed by atoms with Gasteiger partial charge >= 0.3 is 5.63 Å². The third-order valence-electron chi connectivity index (χ3n) is 2.77. The molecule has 0 fully saturated rings. The van der Waals surface area contributed by atoms with Gasteiger partial charge in [-0.2, -0.15) is 0 Å². The Labute approximate surface area is 124 Å². The summed E-state index contributed by atoms with van der Waals surface area (Å²) in [6.07, 6.45) is 4.71. The quantitative estimate of drug-likeness (QED) is 0.477. The van der Waals surface area contributed by atoms with Crippen LogP contribution in [0.2, 0.25) is 0 Å². The fourth-order valence-electron chi connectivity index (χ4n) is 1.82. The summed E-state index contributed by atoms with van der Waals surface area (Å²) in [6.45, 7) is 6.87. The van der Waals surface area contributed by atoms with Gasteiger partial charge in [-0.05, 0) is 29.7 Å². The van der Waals surface area contributed by atoms with Crippen molar-refractivity contribution in [3.63, 3.8) is 0 Å². The summed E-state index contributed by atoms with van der Waals surface area (Å²) >= 11 is 0. The Morgan fingerprint density at radius 1 is 1.29 bits per heavy atom. The molecule has 3 nitrogen and oxygen atoms in total. The van der Waals surface area contributed by atoms with Gasteiger partial charge in [-0.25, -0.2) is 4.79 Å². The van der Waals surface area contributed by atoms with Crippen LogP contribution in [0, 0.1) is 5.41 Å². The summed E-state index contributed by atoms with van der Waals surface area (Å²) < 4.78 is 10.8. The first kappa shape index (κ1) is 15.1. The number of benzene rings is 1. The van der Waals surface area contributed by atoms with Crippen LogP contribution in [-0.4, -0.2) is 6.61 Å². The summed E-state index contributed by atoms with van der Waals surface area (Å²) in [4.78, 5) is 11.5. The van der Waals surface area contributed by atoms with Crippen LogP contribution in [0.1, 0.15) is 27.2 Å². The highest BCUT2D eigenvalue weighted by Gasteiger charge is 2.05. The lowest BCUT2D eigenvalue weighted by molar-refractivity contribution is 0.326. The largest absolute Gasteiger partial charge is 0.492 e. The van der Waals surface area contributed by atoms with Gasteiger partial charge in [0.15, 0.2) is 0 Å². The lowest BCUT2D eigenvalue weighted by Crippen LogP contribution is -2.02. The molecular weight excluding hydrogens is 264 g/mol. The van der Waals surface area contributed by atoms with E-state index in [0.29, 0.717) is 17.9 Å². The van der Waals surface area contributed by atoms with Crippen LogP contribution < -0.4 is 10.4 Å². The van der Waals surface area contributed by atoms with E-state index in [9.17, 15) is 4.79 Å². The number of para-hydroxylation sites is 1. The first-order valence-corrected chi connectivity index (χ1v) is 7.03. The molecule has 1 aromatic carbocycles. The van der Waals surface area contributed by atoms with E-state index >= 15 is 0 Å². The summed E-state index contributed by atoms with van der Waals surface area (Å²) in [6, 6.07) is 8.74. The first-order valence-electron chi connectivity index (χ1n) is 7.03. The van der Waals surface area contributed by atoms with Crippen molar-refractivity contribution in [2.75, 3.05) is 6.61 Å². The smallest absolute Gasteiger partial charge is 0.339 e. The lowest BCUT2D eigenvalue weighted by Gasteiger charge is -2.08. The SMILES string of the molecule is CC(C)(C)C=C=CCCOc1cc(=O)oc2ccccc12. The maximum Gasteiger partial charge on any atom is 0.339 e. The van der Waals surface area contributed by atoms with Gasteiger partial charge < -0.3 is 9.15 Å². The van der Waals surface area contributed by atoms with E-state index in [-0.39, 0.29) is 5.41 Å². The molecule has 110 valence electrons. The molecule has 0 aliphatic rings. The average Bonchev–Trinajstić information content (AvgIpc) is 2.41. The van der Waals surface area contributed by atoms with Gasteiger partial charge in [0.25, 0.3) is 0 Å². The molecule has 0 amide bonds. The molecule has 0 aliphatic heterocycles. The maximum absolute atomic E-state index is 11.5. The molecule has 3 heteroatoms. The van der Waals surface area contributed by atoms with Crippen LogP contribution in [0.4, 0.5) is 0 Å². The number of hydrogen-bond acceptors (Lipinski definition) is 3. The lowest BCUT2D eigenvalue weighted by atomic mass is 9.97. The number of rotatable bonds is 4. The maximum atomic E-state index is 11.5. The third kappa shape index (κ3) is 4.66. The van der Waals surface area contributed by atoms with Crippen molar-refractivity contribution in [1.29, 1.82) is 0 Å². The Kier molecular flexibility index (Phi) is 4.66. The first-order chi connectivity index (χ1) is 9.96. The van der Waals surface area contributed by atoms with Crippen LogP contribution in [-0.2, 0) is 0 Å². The Balaban J connectivity index is 2.04. The van der Waals surface area contributed by atoms with Crippen LogP contribution in [0.5, 0.6) is 5.75 Å². The Bertz CT molecular complexity index is 726. The zero-order valence-corrected chi connectivity index (χ0v) is 12.7. The van der Waals surface area contributed by atoms with Crippen molar-refractivity contribution in [2.45, 2.75) is 27.2 Å². The Hall–Kier alpha value is -2.25. The second-order valence-electron chi connectivity index (χ2n) is 5.94. The minimum Gasteiger partial charge on any atom is -0.492 e. The monoisotopic (exact) mass is 284 g/mol. The number of ether oxygens (including phenoxy) is 1. The van der Waals surface area contributed by atoms with Crippen molar-refractivity contribution in [2.24, 2.45) is 5.41 Å². The highest BCUT2D eigenvalue weighted by Crippen LogP contribution is 2.23. The van der Waals surface area contributed by atoms with Crippen LogP contribution >= 0.6 is 0 Å². The molecule has 0 N–H and O–H groups in total. The van der Waals surface area contributed by atoms with Crippen LogP contribution in [0.25, 0.3) is 11.0 Å². The van der Waals surface area contributed by atoms with Gasteiger partial charge in [0, 0.05) is 6.42 Å². The predicted molar refractivity (Wildman–Crippen MR) is 84.7 cm³/mol. The summed E-state index contributed by atoms with van der Waals surface area (Å²) in [5.74, 6) is 0.565. The molecule has 0 aliphatic carbocycles. The summed E-state index contributed by atoms with van der Waals surface area (Å²) in [7, 11) is 0. The summed E-state index contributed by atoms with van der Waals surface area (Å²) in [5, 5.41) is 0.811. The third-order valence-corrected chi connectivity index (χ3v) is 2.77. The van der Waals surface area contributed by atoms with E-state index in [1.54, 1.807) is 6.07 Å². The van der Waals surface area contributed by atoms with Crippen molar-refractivity contribution in [1.82, 2.24) is 0 Å². The molecule has 21 heavy (non-hydrogen) atoms. The fourth-order valence-corrected chi connectivity index (χ4v) is 1.82. The van der Waals surface area contributed by atoms with Gasteiger partial charge in [-0.3, -0.25) is 0 Å². The standard InChI is InChI=1S/C18H20O3/c1-18(2,3)11-7-4-8-12-20-16-13-17(19)21-15-10-6-5-9-14(15)16/h4-6,9-11,13H,8,12H2,1-3H3. The molecule has 0 atom stereocenters. The van der Waals surface area contributed by atoms with Gasteiger partial charge in [0.05, 0.1) is 18.1 Å². The fraction of sp³-hybridized carbons (Fsp3) is 0.333. The van der Waals surface area contributed by atoms with Crippen molar-refractivity contribution in [3.8, 4) is 5.75 Å². The van der Waals surface area contributed by atoms with Crippen LogP contribution in [0.3, 0.4) is 0 Å². The normalized spacial score (nSPS) is 11.0. The highest BCUT2D eigenvalue weighted by atomic mass is 16.5. The summed E-state index contributed by atoms with van der Waals surface area (Å²) in [5.41, 5.74) is 3.43. The second kappa shape index (κ2) is 6.47. The van der Waals surface area contributed by atoms with E-state index in [1.165, 1.54) is 6.07 Å². The average molecular weight is 284 g/mol. The molecule has 0 saturated heterocycles. The van der Waals surface area contributed by atoms with E-state index in [2.05, 4.69) is 26.5 Å². The number of hydrogen-bond donors (Lipinski definition) is 0.